The molecule has 0 radical (unpaired) electrons. The monoisotopic (exact) mass is 246 g/mol. The molecule has 0 spiro atoms. The smallest absolute Gasteiger partial charge is 0.189 e. The van der Waals surface area contributed by atoms with Crippen LogP contribution in [0.5, 0.6) is 0 Å². The standard InChI is InChI=1S/C9H14N4S.ClH/c1-14-9-11-4-2-8(12-9)13-5-3-7(10)6-13;/h2,4,7H,3,5-6,10H2,1H3;1H. The van der Waals surface area contributed by atoms with Crippen LogP contribution in [0.3, 0.4) is 0 Å². The van der Waals surface area contributed by atoms with Crippen LogP contribution in [0, 0.1) is 0 Å². The SMILES string of the molecule is CSc1nccc(N2CCC(N)C2)n1.Cl. The Morgan fingerprint density at radius 1 is 1.60 bits per heavy atom. The highest BCUT2D eigenvalue weighted by molar-refractivity contribution is 7.98. The minimum atomic E-state index is 0. The summed E-state index contributed by atoms with van der Waals surface area (Å²) in [6, 6.07) is 2.24. The first-order valence-corrected chi connectivity index (χ1v) is 5.89. The maximum absolute atomic E-state index is 5.84. The van der Waals surface area contributed by atoms with Gasteiger partial charge < -0.3 is 10.6 Å². The van der Waals surface area contributed by atoms with E-state index in [-0.39, 0.29) is 12.4 Å². The van der Waals surface area contributed by atoms with Crippen molar-refractivity contribution in [2.45, 2.75) is 17.6 Å². The first kappa shape index (κ1) is 12.5. The van der Waals surface area contributed by atoms with Crippen molar-refractivity contribution in [3.8, 4) is 0 Å². The second kappa shape index (κ2) is 5.53. The first-order valence-electron chi connectivity index (χ1n) is 4.67. The Bertz CT molecular complexity index is 323. The molecule has 6 heteroatoms. The predicted octanol–water partition coefficient (Wildman–Crippen LogP) is 1.16. The Balaban J connectivity index is 0.00000112. The molecule has 1 atom stereocenters. The number of thioether (sulfide) groups is 1. The van der Waals surface area contributed by atoms with Crippen molar-refractivity contribution in [2.24, 2.45) is 5.73 Å². The topological polar surface area (TPSA) is 55.0 Å². The lowest BCUT2D eigenvalue weighted by Gasteiger charge is -2.16. The third-order valence-corrected chi connectivity index (χ3v) is 2.91. The van der Waals surface area contributed by atoms with Crippen molar-refractivity contribution < 1.29 is 0 Å². The Morgan fingerprint density at radius 3 is 3.00 bits per heavy atom. The van der Waals surface area contributed by atoms with Crippen LogP contribution in [-0.2, 0) is 0 Å². The molecular weight excluding hydrogens is 232 g/mol. The Labute approximate surface area is 100 Å². The molecule has 0 saturated carbocycles. The average molecular weight is 247 g/mol. The number of aromatic nitrogens is 2. The van der Waals surface area contributed by atoms with Crippen LogP contribution in [0.1, 0.15) is 6.42 Å². The van der Waals surface area contributed by atoms with E-state index in [1.807, 2.05) is 12.3 Å². The molecule has 0 aromatic carbocycles. The Kier molecular flexibility index (Phi) is 4.63. The van der Waals surface area contributed by atoms with Crippen molar-refractivity contribution in [3.05, 3.63) is 12.3 Å². The quantitative estimate of drug-likeness (QED) is 0.627. The van der Waals surface area contributed by atoms with Gasteiger partial charge in [-0.25, -0.2) is 9.97 Å². The van der Waals surface area contributed by atoms with Crippen molar-refractivity contribution in [3.63, 3.8) is 0 Å². The Morgan fingerprint density at radius 2 is 2.40 bits per heavy atom. The van der Waals surface area contributed by atoms with E-state index in [0.29, 0.717) is 6.04 Å². The molecule has 1 aromatic rings. The number of nitrogens with zero attached hydrogens (tertiary/aromatic N) is 3. The number of anilines is 1. The van der Waals surface area contributed by atoms with Gasteiger partial charge in [-0.15, -0.1) is 12.4 Å². The fourth-order valence-electron chi connectivity index (χ4n) is 1.60. The fraction of sp³-hybridized carbons (Fsp3) is 0.556. The van der Waals surface area contributed by atoms with Gasteiger partial charge in [-0.05, 0) is 18.7 Å². The molecule has 1 saturated heterocycles. The van der Waals surface area contributed by atoms with Crippen LogP contribution in [0.2, 0.25) is 0 Å². The van der Waals surface area contributed by atoms with Gasteiger partial charge in [-0.1, -0.05) is 11.8 Å². The van der Waals surface area contributed by atoms with Gasteiger partial charge in [0.15, 0.2) is 5.16 Å². The zero-order valence-electron chi connectivity index (χ0n) is 8.59. The zero-order chi connectivity index (χ0) is 9.97. The number of hydrogen-bond donors (Lipinski definition) is 1. The third-order valence-electron chi connectivity index (χ3n) is 2.35. The summed E-state index contributed by atoms with van der Waals surface area (Å²) in [4.78, 5) is 10.8. The summed E-state index contributed by atoms with van der Waals surface area (Å²) in [5.74, 6) is 0.998. The molecule has 84 valence electrons. The molecule has 4 nitrogen and oxygen atoms in total. The minimum Gasteiger partial charge on any atom is -0.355 e. The fourth-order valence-corrected chi connectivity index (χ4v) is 1.95. The first-order chi connectivity index (χ1) is 6.79. The van der Waals surface area contributed by atoms with Crippen LogP contribution in [0.15, 0.2) is 17.4 Å². The lowest BCUT2D eigenvalue weighted by Crippen LogP contribution is -2.26. The maximum Gasteiger partial charge on any atom is 0.189 e. The van der Waals surface area contributed by atoms with E-state index in [0.717, 1.165) is 30.5 Å². The molecule has 1 unspecified atom stereocenters. The molecular formula is C9H15ClN4S. The number of hydrogen-bond acceptors (Lipinski definition) is 5. The van der Waals surface area contributed by atoms with Gasteiger partial charge in [0.05, 0.1) is 0 Å². The summed E-state index contributed by atoms with van der Waals surface area (Å²) in [6.07, 6.45) is 4.84. The molecule has 2 rings (SSSR count). The van der Waals surface area contributed by atoms with Gasteiger partial charge in [0, 0.05) is 25.3 Å². The summed E-state index contributed by atoms with van der Waals surface area (Å²) >= 11 is 1.56. The third kappa shape index (κ3) is 2.96. The summed E-state index contributed by atoms with van der Waals surface area (Å²) in [6.45, 7) is 1.91. The van der Waals surface area contributed by atoms with Crippen molar-refractivity contribution in [1.29, 1.82) is 0 Å². The highest BCUT2D eigenvalue weighted by Gasteiger charge is 2.20. The van der Waals surface area contributed by atoms with Gasteiger partial charge in [-0.3, -0.25) is 0 Å². The zero-order valence-corrected chi connectivity index (χ0v) is 10.2. The van der Waals surface area contributed by atoms with Crippen LogP contribution < -0.4 is 10.6 Å². The summed E-state index contributed by atoms with van der Waals surface area (Å²) in [5.41, 5.74) is 5.84. The maximum atomic E-state index is 5.84. The molecule has 1 aliphatic heterocycles. The minimum absolute atomic E-state index is 0. The van der Waals surface area contributed by atoms with Crippen LogP contribution >= 0.6 is 24.2 Å². The predicted molar refractivity (Wildman–Crippen MR) is 65.9 cm³/mol. The summed E-state index contributed by atoms with van der Waals surface area (Å²) in [7, 11) is 0. The van der Waals surface area contributed by atoms with Crippen LogP contribution in [-0.4, -0.2) is 35.4 Å². The van der Waals surface area contributed by atoms with E-state index in [4.69, 9.17) is 5.73 Å². The van der Waals surface area contributed by atoms with E-state index < -0.39 is 0 Å². The van der Waals surface area contributed by atoms with E-state index in [9.17, 15) is 0 Å². The van der Waals surface area contributed by atoms with E-state index in [2.05, 4.69) is 14.9 Å². The molecule has 2 heterocycles. The van der Waals surface area contributed by atoms with Crippen molar-refractivity contribution in [2.75, 3.05) is 24.2 Å². The van der Waals surface area contributed by atoms with Gasteiger partial charge >= 0.3 is 0 Å². The van der Waals surface area contributed by atoms with Gasteiger partial charge in [-0.2, -0.15) is 0 Å². The van der Waals surface area contributed by atoms with Crippen LogP contribution in [0.25, 0.3) is 0 Å². The van der Waals surface area contributed by atoms with E-state index in [1.165, 1.54) is 0 Å². The summed E-state index contributed by atoms with van der Waals surface area (Å²) < 4.78 is 0. The highest BCUT2D eigenvalue weighted by Crippen LogP contribution is 2.18. The lowest BCUT2D eigenvalue weighted by atomic mass is 10.3. The molecule has 0 aliphatic carbocycles. The highest BCUT2D eigenvalue weighted by atomic mass is 35.5. The Hall–Kier alpha value is -0.520. The molecule has 1 fully saturated rings. The van der Waals surface area contributed by atoms with Gasteiger partial charge in [0.25, 0.3) is 0 Å². The average Bonchev–Trinajstić information content (AvgIpc) is 2.65. The van der Waals surface area contributed by atoms with Crippen LogP contribution in [0.4, 0.5) is 5.82 Å². The number of rotatable bonds is 2. The van der Waals surface area contributed by atoms with Crippen molar-refractivity contribution >= 4 is 30.0 Å². The van der Waals surface area contributed by atoms with Crippen molar-refractivity contribution in [1.82, 2.24) is 9.97 Å². The van der Waals surface area contributed by atoms with Gasteiger partial charge in [0.1, 0.15) is 5.82 Å². The second-order valence-corrected chi connectivity index (χ2v) is 4.17. The molecule has 2 N–H and O–H groups in total. The van der Waals surface area contributed by atoms with E-state index in [1.54, 1.807) is 18.0 Å². The van der Waals surface area contributed by atoms with Gasteiger partial charge in [0.2, 0.25) is 0 Å². The summed E-state index contributed by atoms with van der Waals surface area (Å²) in [5, 5.41) is 0.822. The molecule has 15 heavy (non-hydrogen) atoms. The largest absolute Gasteiger partial charge is 0.355 e. The molecule has 1 aromatic heterocycles. The van der Waals surface area contributed by atoms with E-state index >= 15 is 0 Å². The molecule has 0 bridgehead atoms. The molecule has 0 amide bonds. The lowest BCUT2D eigenvalue weighted by molar-refractivity contribution is 0.750. The number of nitrogens with two attached hydrogens (primary N) is 1. The number of halogens is 1. The molecule has 1 aliphatic rings. The normalized spacial score (nSPS) is 20.1. The second-order valence-electron chi connectivity index (χ2n) is 3.40.